The molecule has 2 N–H and O–H groups in total. The van der Waals surface area contributed by atoms with Crippen molar-refractivity contribution in [2.45, 2.75) is 90.6 Å². The Labute approximate surface area is 193 Å². The minimum atomic E-state index is -0.542. The van der Waals surface area contributed by atoms with Crippen molar-refractivity contribution in [3.05, 3.63) is 42.5 Å². The Balaban J connectivity index is 1.62. The van der Waals surface area contributed by atoms with Crippen LogP contribution in [-0.4, -0.2) is 22.9 Å². The van der Waals surface area contributed by atoms with Crippen LogP contribution in [0.3, 0.4) is 0 Å². The molecule has 5 nitrogen and oxygen atoms in total. The number of hydrogen-bond donors (Lipinski definition) is 2. The monoisotopic (exact) mass is 443 g/mol. The molecular weight excluding hydrogens is 402 g/mol. The van der Waals surface area contributed by atoms with Crippen molar-refractivity contribution in [2.75, 3.05) is 0 Å². The third-order valence-electron chi connectivity index (χ3n) is 6.35. The Morgan fingerprint density at radius 3 is 2.66 bits per heavy atom. The number of hydrogen-bond acceptors (Lipinski definition) is 4. The van der Waals surface area contributed by atoms with E-state index < -0.39 is 6.10 Å². The summed E-state index contributed by atoms with van der Waals surface area (Å²) in [7, 11) is 0. The minimum absolute atomic E-state index is 0.0444. The summed E-state index contributed by atoms with van der Waals surface area (Å²) in [5, 5.41) is 10.4. The summed E-state index contributed by atoms with van der Waals surface area (Å²) < 4.78 is 0. The SMILES string of the molecule is CCCCC[C@H](C)/C=C/[C@H]1[C@H](O)CC(=O)[C@@H]1CCCCCCC(=O)NOc1ccccc1. The highest BCUT2D eigenvalue weighted by atomic mass is 16.7. The fraction of sp³-hybridized carbons (Fsp3) is 0.630. The summed E-state index contributed by atoms with van der Waals surface area (Å²) in [5.74, 6) is 1.07. The van der Waals surface area contributed by atoms with Gasteiger partial charge in [0.15, 0.2) is 5.75 Å². The number of carbonyl (C=O) groups is 2. The van der Waals surface area contributed by atoms with Crippen molar-refractivity contribution in [3.63, 3.8) is 0 Å². The predicted molar refractivity (Wildman–Crippen MR) is 128 cm³/mol. The number of hydroxylamine groups is 1. The molecule has 0 aromatic heterocycles. The lowest BCUT2D eigenvalue weighted by Crippen LogP contribution is -2.26. The first-order valence-corrected chi connectivity index (χ1v) is 12.4. The highest BCUT2D eigenvalue weighted by Gasteiger charge is 2.39. The number of amides is 1. The van der Waals surface area contributed by atoms with Gasteiger partial charge in [-0.3, -0.25) is 9.59 Å². The molecule has 0 saturated heterocycles. The number of para-hydroxylation sites is 1. The standard InChI is InChI=1S/C27H41NO4/c1-3-4-8-13-21(2)18-19-24-23(25(29)20-26(24)30)16-11-5-6-12-17-27(31)28-32-22-14-9-7-10-15-22/h7,9-10,14-15,18-19,21,23-24,26,30H,3-6,8,11-13,16-17,20H2,1-2H3,(H,28,31)/b19-18+/t21-,23+,24+,26+/m0/s1. The maximum atomic E-state index is 12.4. The van der Waals surface area contributed by atoms with E-state index in [2.05, 4.69) is 31.5 Å². The number of aliphatic hydroxyl groups is 1. The number of Topliss-reactive ketones (excluding diaryl/α,β-unsaturated/α-hetero) is 1. The molecule has 0 bridgehead atoms. The van der Waals surface area contributed by atoms with Crippen LogP contribution in [0.4, 0.5) is 0 Å². The third kappa shape index (κ3) is 9.56. The lowest BCUT2D eigenvalue weighted by molar-refractivity contribution is -0.127. The van der Waals surface area contributed by atoms with Gasteiger partial charge >= 0.3 is 0 Å². The number of carbonyl (C=O) groups excluding carboxylic acids is 2. The first-order valence-electron chi connectivity index (χ1n) is 12.4. The number of ketones is 1. The minimum Gasteiger partial charge on any atom is -0.392 e. The topological polar surface area (TPSA) is 75.6 Å². The normalized spacial score (nSPS) is 21.7. The number of unbranched alkanes of at least 4 members (excludes halogenated alkanes) is 5. The lowest BCUT2D eigenvalue weighted by Gasteiger charge is -2.18. The van der Waals surface area contributed by atoms with Crippen LogP contribution in [0.1, 0.15) is 84.5 Å². The van der Waals surface area contributed by atoms with Crippen molar-refractivity contribution in [2.24, 2.45) is 17.8 Å². The molecule has 2 rings (SSSR count). The van der Waals surface area contributed by atoms with Crippen LogP contribution in [0.5, 0.6) is 5.75 Å². The average Bonchev–Trinajstić information content (AvgIpc) is 3.06. The molecule has 32 heavy (non-hydrogen) atoms. The zero-order valence-corrected chi connectivity index (χ0v) is 19.8. The van der Waals surface area contributed by atoms with E-state index in [0.717, 1.165) is 38.5 Å². The second kappa shape index (κ2) is 14.8. The largest absolute Gasteiger partial charge is 0.392 e. The number of aliphatic hydroxyl groups excluding tert-OH is 1. The van der Waals surface area contributed by atoms with Gasteiger partial charge in [0.2, 0.25) is 0 Å². The first kappa shape index (κ1) is 26.1. The van der Waals surface area contributed by atoms with Gasteiger partial charge in [-0.1, -0.05) is 82.7 Å². The summed E-state index contributed by atoms with van der Waals surface area (Å²) >= 11 is 0. The Kier molecular flexibility index (Phi) is 12.1. The number of allylic oxidation sites excluding steroid dienone is 1. The predicted octanol–water partition coefficient (Wildman–Crippen LogP) is 5.78. The summed E-state index contributed by atoms with van der Waals surface area (Å²) in [6, 6.07) is 9.17. The van der Waals surface area contributed by atoms with Crippen LogP contribution >= 0.6 is 0 Å². The van der Waals surface area contributed by atoms with Crippen molar-refractivity contribution in [1.29, 1.82) is 0 Å². The molecule has 0 unspecified atom stereocenters. The zero-order valence-electron chi connectivity index (χ0n) is 19.8. The molecule has 1 aliphatic rings. The van der Waals surface area contributed by atoms with Crippen molar-refractivity contribution in [3.8, 4) is 5.75 Å². The van der Waals surface area contributed by atoms with Crippen LogP contribution in [0, 0.1) is 17.8 Å². The van der Waals surface area contributed by atoms with E-state index in [1.807, 2.05) is 18.2 Å². The van der Waals surface area contributed by atoms with E-state index in [0.29, 0.717) is 18.1 Å². The van der Waals surface area contributed by atoms with Crippen LogP contribution < -0.4 is 10.3 Å². The molecule has 5 heteroatoms. The fourth-order valence-electron chi connectivity index (χ4n) is 4.38. The van der Waals surface area contributed by atoms with Crippen molar-refractivity contribution in [1.82, 2.24) is 5.48 Å². The van der Waals surface area contributed by atoms with Crippen molar-refractivity contribution < 1.29 is 19.5 Å². The van der Waals surface area contributed by atoms with E-state index in [4.69, 9.17) is 4.84 Å². The van der Waals surface area contributed by atoms with E-state index in [-0.39, 0.29) is 29.9 Å². The molecular formula is C27H41NO4. The molecule has 1 aromatic rings. The molecule has 0 heterocycles. The van der Waals surface area contributed by atoms with Gasteiger partial charge in [-0.2, -0.15) is 5.48 Å². The molecule has 0 aliphatic heterocycles. The van der Waals surface area contributed by atoms with Gasteiger partial charge in [0.05, 0.1) is 6.10 Å². The Morgan fingerprint density at radius 2 is 1.91 bits per heavy atom. The van der Waals surface area contributed by atoms with Gasteiger partial charge in [-0.15, -0.1) is 0 Å². The van der Waals surface area contributed by atoms with Crippen LogP contribution in [-0.2, 0) is 9.59 Å². The molecule has 0 spiro atoms. The van der Waals surface area contributed by atoms with Crippen molar-refractivity contribution >= 4 is 11.7 Å². The maximum Gasteiger partial charge on any atom is 0.252 e. The van der Waals surface area contributed by atoms with Crippen LogP contribution in [0.15, 0.2) is 42.5 Å². The molecule has 1 amide bonds. The van der Waals surface area contributed by atoms with Crippen LogP contribution in [0.2, 0.25) is 0 Å². The number of rotatable bonds is 15. The van der Waals surface area contributed by atoms with Crippen LogP contribution in [0.25, 0.3) is 0 Å². The third-order valence-corrected chi connectivity index (χ3v) is 6.35. The number of nitrogens with one attached hydrogen (secondary N) is 1. The summed E-state index contributed by atoms with van der Waals surface area (Å²) in [6.07, 6.45) is 13.8. The van der Waals surface area contributed by atoms with Gasteiger partial charge < -0.3 is 9.94 Å². The quantitative estimate of drug-likeness (QED) is 0.205. The summed E-state index contributed by atoms with van der Waals surface area (Å²) in [6.45, 7) is 4.42. The van der Waals surface area contributed by atoms with Gasteiger partial charge in [0.25, 0.3) is 5.91 Å². The Morgan fingerprint density at radius 1 is 1.16 bits per heavy atom. The Bertz CT molecular complexity index is 703. The fourth-order valence-corrected chi connectivity index (χ4v) is 4.38. The average molecular weight is 444 g/mol. The maximum absolute atomic E-state index is 12.4. The number of benzene rings is 1. The molecule has 0 radical (unpaired) electrons. The van der Waals surface area contributed by atoms with Gasteiger partial charge in [0.1, 0.15) is 5.78 Å². The highest BCUT2D eigenvalue weighted by Crippen LogP contribution is 2.34. The van der Waals surface area contributed by atoms with E-state index in [1.165, 1.54) is 19.3 Å². The van der Waals surface area contributed by atoms with Gasteiger partial charge in [-0.25, -0.2) is 0 Å². The highest BCUT2D eigenvalue weighted by molar-refractivity contribution is 5.84. The Hall–Kier alpha value is -2.14. The first-order chi connectivity index (χ1) is 15.5. The summed E-state index contributed by atoms with van der Waals surface area (Å²) in [5.41, 5.74) is 2.47. The van der Waals surface area contributed by atoms with E-state index in [9.17, 15) is 14.7 Å². The van der Waals surface area contributed by atoms with E-state index in [1.54, 1.807) is 12.1 Å². The zero-order chi connectivity index (χ0) is 23.2. The molecule has 4 atom stereocenters. The molecule has 1 aliphatic carbocycles. The summed E-state index contributed by atoms with van der Waals surface area (Å²) in [4.78, 5) is 29.5. The second-order valence-corrected chi connectivity index (χ2v) is 9.17. The lowest BCUT2D eigenvalue weighted by atomic mass is 9.87. The van der Waals surface area contributed by atoms with E-state index >= 15 is 0 Å². The molecule has 178 valence electrons. The smallest absolute Gasteiger partial charge is 0.252 e. The molecule has 1 fully saturated rings. The molecule has 1 aromatic carbocycles. The van der Waals surface area contributed by atoms with Gasteiger partial charge in [0, 0.05) is 24.7 Å². The molecule has 1 saturated carbocycles. The second-order valence-electron chi connectivity index (χ2n) is 9.17. The van der Waals surface area contributed by atoms with Gasteiger partial charge in [-0.05, 0) is 37.3 Å².